The Bertz CT molecular complexity index is 878. The minimum Gasteiger partial charge on any atom is -0.390 e. The van der Waals surface area contributed by atoms with Crippen LogP contribution in [0.25, 0.3) is 11.2 Å². The van der Waals surface area contributed by atoms with E-state index in [1.807, 2.05) is 11.5 Å². The molecule has 0 unspecified atom stereocenters. The largest absolute Gasteiger partial charge is 0.390 e. The molecule has 0 aromatic carbocycles. The van der Waals surface area contributed by atoms with Gasteiger partial charge in [-0.3, -0.25) is 13.9 Å². The van der Waals surface area contributed by atoms with Crippen LogP contribution in [0.4, 0.5) is 0 Å². The van der Waals surface area contributed by atoms with Gasteiger partial charge in [0, 0.05) is 20.1 Å². The van der Waals surface area contributed by atoms with E-state index in [0.717, 1.165) is 12.8 Å². The van der Waals surface area contributed by atoms with Gasteiger partial charge in [0.05, 0.1) is 11.9 Å². The normalized spacial score (nSPS) is 24.3. The van der Waals surface area contributed by atoms with Crippen LogP contribution in [-0.2, 0) is 20.1 Å². The lowest BCUT2D eigenvalue weighted by molar-refractivity contribution is 0.00550. The molecule has 0 amide bonds. The van der Waals surface area contributed by atoms with Crippen LogP contribution >= 0.6 is 0 Å². The zero-order valence-corrected chi connectivity index (χ0v) is 15.5. The Balaban J connectivity index is 2.00. The summed E-state index contributed by atoms with van der Waals surface area (Å²) in [5.41, 5.74) is -0.248. The summed E-state index contributed by atoms with van der Waals surface area (Å²) in [6, 6.07) is 0. The lowest BCUT2D eigenvalue weighted by atomic mass is 9.80. The number of hydrogen-bond donors (Lipinski definition) is 1. The summed E-state index contributed by atoms with van der Waals surface area (Å²) >= 11 is 0. The Morgan fingerprint density at radius 1 is 1.32 bits per heavy atom. The van der Waals surface area contributed by atoms with E-state index in [0.29, 0.717) is 43.0 Å². The van der Waals surface area contributed by atoms with Crippen molar-refractivity contribution in [3.8, 4) is 0 Å². The van der Waals surface area contributed by atoms with Crippen LogP contribution in [0.5, 0.6) is 0 Å². The van der Waals surface area contributed by atoms with Crippen molar-refractivity contribution >= 4 is 11.2 Å². The third-order valence-corrected chi connectivity index (χ3v) is 5.29. The van der Waals surface area contributed by atoms with Crippen LogP contribution in [0.3, 0.4) is 0 Å². The van der Waals surface area contributed by atoms with Crippen molar-refractivity contribution in [3.05, 3.63) is 27.2 Å². The van der Waals surface area contributed by atoms with Crippen molar-refractivity contribution in [2.45, 2.75) is 65.1 Å². The summed E-state index contributed by atoms with van der Waals surface area (Å²) in [5, 5.41) is 10.1. The highest BCUT2D eigenvalue weighted by atomic mass is 16.3. The third-order valence-electron chi connectivity index (χ3n) is 5.29. The lowest BCUT2D eigenvalue weighted by Gasteiger charge is -2.33. The molecule has 0 radical (unpaired) electrons. The van der Waals surface area contributed by atoms with E-state index < -0.39 is 5.60 Å². The standard InChI is InChI=1S/C18H28N4O3/c1-12(2)9-21-11-19-15-14(21)16(23)22(17(24)20(15)4)10-13-5-7-18(3,25)8-6-13/h11-13,25H,5-10H2,1-4H3/t13-,18+. The monoisotopic (exact) mass is 348 g/mol. The molecule has 2 heterocycles. The second-order valence-electron chi connectivity index (χ2n) is 8.16. The van der Waals surface area contributed by atoms with Crippen molar-refractivity contribution in [1.29, 1.82) is 0 Å². The molecule has 0 aliphatic heterocycles. The van der Waals surface area contributed by atoms with Gasteiger partial charge in [-0.1, -0.05) is 13.8 Å². The van der Waals surface area contributed by atoms with Crippen molar-refractivity contribution in [3.63, 3.8) is 0 Å². The Kier molecular flexibility index (Phi) is 4.62. The molecule has 3 rings (SSSR count). The number of aryl methyl sites for hydroxylation is 1. The summed E-state index contributed by atoms with van der Waals surface area (Å²) in [5.74, 6) is 0.618. The van der Waals surface area contributed by atoms with Crippen LogP contribution in [0.1, 0.15) is 46.5 Å². The molecule has 1 aliphatic rings. The number of fused-ring (bicyclic) bond motifs is 1. The Morgan fingerprint density at radius 3 is 2.56 bits per heavy atom. The number of hydrogen-bond acceptors (Lipinski definition) is 4. The minimum atomic E-state index is -0.619. The highest BCUT2D eigenvalue weighted by Gasteiger charge is 2.29. The van der Waals surface area contributed by atoms with Crippen molar-refractivity contribution in [1.82, 2.24) is 18.7 Å². The van der Waals surface area contributed by atoms with Crippen molar-refractivity contribution < 1.29 is 5.11 Å². The third kappa shape index (κ3) is 3.42. The van der Waals surface area contributed by atoms with Crippen LogP contribution in [0, 0.1) is 11.8 Å². The molecule has 1 aliphatic carbocycles. The van der Waals surface area contributed by atoms with Crippen molar-refractivity contribution in [2.24, 2.45) is 18.9 Å². The first-order chi connectivity index (χ1) is 11.7. The molecule has 0 bridgehead atoms. The predicted molar refractivity (Wildman–Crippen MR) is 96.7 cm³/mol. The Labute approximate surface area is 146 Å². The van der Waals surface area contributed by atoms with E-state index in [1.165, 1.54) is 9.13 Å². The highest BCUT2D eigenvalue weighted by Crippen LogP contribution is 2.32. The van der Waals surface area contributed by atoms with Crippen LogP contribution in [0.2, 0.25) is 0 Å². The molecule has 1 N–H and O–H groups in total. The van der Waals surface area contributed by atoms with E-state index in [-0.39, 0.29) is 17.2 Å². The number of aromatic nitrogens is 4. The molecule has 138 valence electrons. The van der Waals surface area contributed by atoms with Gasteiger partial charge < -0.3 is 9.67 Å². The van der Waals surface area contributed by atoms with Crippen LogP contribution in [-0.4, -0.2) is 29.4 Å². The molecule has 1 fully saturated rings. The smallest absolute Gasteiger partial charge is 0.332 e. The first kappa shape index (κ1) is 17.9. The fourth-order valence-corrected chi connectivity index (χ4v) is 3.76. The summed E-state index contributed by atoms with van der Waals surface area (Å²) in [6.45, 7) is 7.12. The van der Waals surface area contributed by atoms with E-state index in [2.05, 4.69) is 18.8 Å². The Morgan fingerprint density at radius 2 is 1.96 bits per heavy atom. The average molecular weight is 348 g/mol. The molecule has 0 saturated heterocycles. The summed E-state index contributed by atoms with van der Waals surface area (Å²) < 4.78 is 4.67. The molecule has 1 saturated carbocycles. The van der Waals surface area contributed by atoms with E-state index >= 15 is 0 Å². The highest BCUT2D eigenvalue weighted by molar-refractivity contribution is 5.69. The van der Waals surface area contributed by atoms with Gasteiger partial charge in [-0.2, -0.15) is 0 Å². The van der Waals surface area contributed by atoms with Gasteiger partial charge in [0.2, 0.25) is 0 Å². The SMILES string of the molecule is CC(C)Cn1cnc2c1c(=O)n(C[C@H]1CC[C@@](C)(O)CC1)c(=O)n2C. The lowest BCUT2D eigenvalue weighted by Crippen LogP contribution is -2.42. The van der Waals surface area contributed by atoms with Gasteiger partial charge in [0.15, 0.2) is 11.2 Å². The maximum Gasteiger partial charge on any atom is 0.332 e. The molecule has 2 aromatic rings. The van der Waals surface area contributed by atoms with Gasteiger partial charge in [-0.15, -0.1) is 0 Å². The summed E-state index contributed by atoms with van der Waals surface area (Å²) in [4.78, 5) is 29.9. The van der Waals surface area contributed by atoms with E-state index in [9.17, 15) is 14.7 Å². The zero-order chi connectivity index (χ0) is 18.4. The van der Waals surface area contributed by atoms with Gasteiger partial charge >= 0.3 is 5.69 Å². The molecule has 7 nitrogen and oxygen atoms in total. The fraction of sp³-hybridized carbons (Fsp3) is 0.722. The molecule has 2 aromatic heterocycles. The van der Waals surface area contributed by atoms with Crippen molar-refractivity contribution in [2.75, 3.05) is 0 Å². The van der Waals surface area contributed by atoms with Crippen LogP contribution < -0.4 is 11.2 Å². The molecular weight excluding hydrogens is 320 g/mol. The maximum absolute atomic E-state index is 13.0. The first-order valence-electron chi connectivity index (χ1n) is 9.06. The van der Waals surface area contributed by atoms with Gasteiger partial charge in [-0.25, -0.2) is 9.78 Å². The predicted octanol–water partition coefficient (Wildman–Crippen LogP) is 1.49. The zero-order valence-electron chi connectivity index (χ0n) is 15.5. The Hall–Kier alpha value is -1.89. The van der Waals surface area contributed by atoms with E-state index in [1.54, 1.807) is 13.4 Å². The molecule has 25 heavy (non-hydrogen) atoms. The average Bonchev–Trinajstić information content (AvgIpc) is 2.94. The second kappa shape index (κ2) is 6.44. The minimum absolute atomic E-state index is 0.240. The van der Waals surface area contributed by atoms with Gasteiger partial charge in [0.1, 0.15) is 0 Å². The van der Waals surface area contributed by atoms with E-state index in [4.69, 9.17) is 0 Å². The summed E-state index contributed by atoms with van der Waals surface area (Å²) in [7, 11) is 1.67. The van der Waals surface area contributed by atoms with Crippen LogP contribution in [0.15, 0.2) is 15.9 Å². The molecule has 0 spiro atoms. The first-order valence-corrected chi connectivity index (χ1v) is 9.06. The fourth-order valence-electron chi connectivity index (χ4n) is 3.76. The number of rotatable bonds is 4. The molecule has 0 atom stereocenters. The van der Waals surface area contributed by atoms with Gasteiger partial charge in [-0.05, 0) is 44.4 Å². The maximum atomic E-state index is 13.0. The number of imidazole rings is 1. The second-order valence-corrected chi connectivity index (χ2v) is 8.16. The number of nitrogens with zero attached hydrogens (tertiary/aromatic N) is 4. The molecule has 7 heteroatoms. The van der Waals surface area contributed by atoms with Gasteiger partial charge in [0.25, 0.3) is 5.56 Å². The molecular formula is C18H28N4O3. The quantitative estimate of drug-likeness (QED) is 0.908. The number of aliphatic hydroxyl groups is 1. The topological polar surface area (TPSA) is 82.1 Å². The summed E-state index contributed by atoms with van der Waals surface area (Å²) in [6.07, 6.45) is 4.71.